The molecule has 0 radical (unpaired) electrons. The van der Waals surface area contributed by atoms with E-state index >= 15 is 0 Å². The van der Waals surface area contributed by atoms with Crippen molar-refractivity contribution in [2.75, 3.05) is 55.5 Å². The van der Waals surface area contributed by atoms with Crippen molar-refractivity contribution in [1.29, 1.82) is 0 Å². The minimum atomic E-state index is -4.77. The maximum absolute atomic E-state index is 14.3. The van der Waals surface area contributed by atoms with E-state index in [1.807, 2.05) is 6.92 Å². The number of nitrogens with one attached hydrogen (secondary N) is 2. The topological polar surface area (TPSA) is 126 Å². The lowest BCUT2D eigenvalue weighted by molar-refractivity contribution is -0.137. The summed E-state index contributed by atoms with van der Waals surface area (Å²) in [5, 5.41) is 5.28. The van der Waals surface area contributed by atoms with Crippen LogP contribution in [0, 0.1) is 12.7 Å². The highest BCUT2D eigenvalue weighted by Crippen LogP contribution is 2.36. The van der Waals surface area contributed by atoms with Crippen LogP contribution in [0.15, 0.2) is 36.5 Å². The Morgan fingerprint density at radius 1 is 1.18 bits per heavy atom. The maximum atomic E-state index is 14.3. The summed E-state index contributed by atoms with van der Waals surface area (Å²) in [4.78, 5) is 21.4. The number of aromatic nitrogens is 2. The zero-order valence-electron chi connectivity index (χ0n) is 25.2. The van der Waals surface area contributed by atoms with E-state index < -0.39 is 45.8 Å². The fourth-order valence-corrected chi connectivity index (χ4v) is 4.85. The third-order valence-electron chi connectivity index (χ3n) is 6.89. The molecule has 3 aromatic rings. The number of ether oxygens (including phenoxy) is 1. The summed E-state index contributed by atoms with van der Waals surface area (Å²) in [5.41, 5.74) is 5.58. The summed E-state index contributed by atoms with van der Waals surface area (Å²) in [7, 11) is 3.69. The van der Waals surface area contributed by atoms with Crippen molar-refractivity contribution in [1.82, 2.24) is 14.9 Å². The number of methoxy groups -OCH3 is 1. The summed E-state index contributed by atoms with van der Waals surface area (Å²) in [6.07, 6.45) is 1.57. The number of aryl methyl sites for hydroxylation is 1. The number of halogens is 4. The Morgan fingerprint density at radius 3 is 2.41 bits per heavy atom. The number of anilines is 4. The molecule has 1 amide bonds. The second-order valence-corrected chi connectivity index (χ2v) is 11.6. The van der Waals surface area contributed by atoms with Gasteiger partial charge in [0.05, 0.1) is 24.0 Å². The van der Waals surface area contributed by atoms with Gasteiger partial charge < -0.3 is 26.0 Å². The fourth-order valence-electron chi connectivity index (χ4n) is 4.40. The van der Waals surface area contributed by atoms with Gasteiger partial charge in [0, 0.05) is 32.1 Å². The van der Waals surface area contributed by atoms with Crippen LogP contribution in [0.5, 0.6) is 5.75 Å². The number of piperidine rings is 1. The van der Waals surface area contributed by atoms with Gasteiger partial charge >= 0.3 is 6.18 Å². The highest BCUT2D eigenvalue weighted by Gasteiger charge is 2.35. The predicted octanol–water partition coefficient (Wildman–Crippen LogP) is 5.24. The first-order chi connectivity index (χ1) is 20.7. The van der Waals surface area contributed by atoms with Gasteiger partial charge in [-0.05, 0) is 63.2 Å². The molecule has 0 aliphatic carbocycles. The first kappa shape index (κ1) is 34.5. The van der Waals surface area contributed by atoms with E-state index in [-0.39, 0.29) is 23.9 Å². The predicted molar refractivity (Wildman–Crippen MR) is 164 cm³/mol. The molecule has 1 aromatic heterocycles. The molecule has 2 heterocycles. The molecule has 1 saturated heterocycles. The Morgan fingerprint density at radius 2 is 1.86 bits per heavy atom. The number of carbonyl (C=O) groups excluding carboxylic acids is 1. The zero-order chi connectivity index (χ0) is 32.6. The summed E-state index contributed by atoms with van der Waals surface area (Å²) >= 11 is 0. The van der Waals surface area contributed by atoms with Crippen molar-refractivity contribution in [3.8, 4) is 5.75 Å². The summed E-state index contributed by atoms with van der Waals surface area (Å²) in [6.45, 7) is 4.40. The minimum Gasteiger partial charge on any atom is -0.495 e. The molecule has 4 rings (SSSR count). The number of carbonyl (C=O) groups is 1. The van der Waals surface area contributed by atoms with Gasteiger partial charge in [0.2, 0.25) is 5.95 Å². The maximum Gasteiger partial charge on any atom is 0.421 e. The van der Waals surface area contributed by atoms with E-state index in [0.29, 0.717) is 17.4 Å². The van der Waals surface area contributed by atoms with Crippen LogP contribution in [0.2, 0.25) is 0 Å². The van der Waals surface area contributed by atoms with Crippen LogP contribution in [-0.4, -0.2) is 65.5 Å². The molecule has 15 heteroatoms. The van der Waals surface area contributed by atoms with E-state index in [9.17, 15) is 26.6 Å². The molecular weight excluding hydrogens is 602 g/mol. The van der Waals surface area contributed by atoms with Crippen LogP contribution in [0.4, 0.5) is 40.7 Å². The van der Waals surface area contributed by atoms with Crippen LogP contribution < -0.4 is 25.4 Å². The van der Waals surface area contributed by atoms with Crippen molar-refractivity contribution >= 4 is 40.0 Å². The molecule has 240 valence electrons. The van der Waals surface area contributed by atoms with Crippen LogP contribution in [0.3, 0.4) is 0 Å². The highest BCUT2D eigenvalue weighted by molar-refractivity contribution is 7.85. The van der Waals surface area contributed by atoms with Gasteiger partial charge in [-0.25, -0.2) is 13.6 Å². The quantitative estimate of drug-likeness (QED) is 0.272. The Balaban J connectivity index is 0.000000662. The average molecular weight is 640 g/mol. The molecule has 0 saturated carbocycles. The molecule has 44 heavy (non-hydrogen) atoms. The van der Waals surface area contributed by atoms with Crippen molar-refractivity contribution in [2.24, 2.45) is 5.73 Å². The first-order valence-electron chi connectivity index (χ1n) is 13.7. The van der Waals surface area contributed by atoms with Crippen molar-refractivity contribution in [3.05, 3.63) is 64.6 Å². The lowest BCUT2D eigenvalue weighted by atomic mass is 10.1. The third kappa shape index (κ3) is 9.26. The Kier molecular flexibility index (Phi) is 11.9. The van der Waals surface area contributed by atoms with Gasteiger partial charge in [0.15, 0.2) is 0 Å². The number of nitrogens with zero attached hydrogens (tertiary/aromatic N) is 4. The molecule has 4 N–H and O–H groups in total. The van der Waals surface area contributed by atoms with Crippen LogP contribution >= 0.6 is 0 Å². The molecule has 1 fully saturated rings. The van der Waals surface area contributed by atoms with E-state index in [1.165, 1.54) is 50.0 Å². The normalized spacial score (nSPS) is 14.2. The van der Waals surface area contributed by atoms with E-state index in [1.54, 1.807) is 25.2 Å². The Bertz CT molecular complexity index is 1480. The lowest BCUT2D eigenvalue weighted by Gasteiger charge is -2.21. The van der Waals surface area contributed by atoms with E-state index in [0.717, 1.165) is 17.7 Å². The molecule has 2 aromatic carbocycles. The molecule has 1 unspecified atom stereocenters. The van der Waals surface area contributed by atoms with Gasteiger partial charge in [-0.15, -0.1) is 0 Å². The highest BCUT2D eigenvalue weighted by atomic mass is 32.2. The standard InChI is InChI=1S/C23H24F4N6O3S.C6H13N/c1-12-5-6-13(18(7-12)33(2)37(4)35)10-29-21-15(23(25,26)27)11-30-22(32-21)31-17-9-16(24)14(20(28)34)8-19(17)36-3;1-7-5-3-2-4-6-7/h5-9,11H,10H2,1-4H3,(H2,28,34)(H2,29,30,31,32);2-6H2,1H3. The molecular formula is C29H37F4N7O3S. The second-order valence-electron chi connectivity index (χ2n) is 10.2. The second kappa shape index (κ2) is 15.1. The third-order valence-corrected chi connectivity index (χ3v) is 7.85. The van der Waals surface area contributed by atoms with Crippen molar-refractivity contribution in [3.63, 3.8) is 0 Å². The van der Waals surface area contributed by atoms with E-state index in [4.69, 9.17) is 10.5 Å². The Labute approximate surface area is 256 Å². The zero-order valence-corrected chi connectivity index (χ0v) is 26.0. The van der Waals surface area contributed by atoms with Crippen molar-refractivity contribution in [2.45, 2.75) is 38.9 Å². The summed E-state index contributed by atoms with van der Waals surface area (Å²) < 4.78 is 74.0. The van der Waals surface area contributed by atoms with Gasteiger partial charge in [-0.2, -0.15) is 18.2 Å². The fraction of sp³-hybridized carbons (Fsp3) is 0.414. The molecule has 0 spiro atoms. The number of nitrogens with two attached hydrogens (primary N) is 1. The number of benzene rings is 2. The number of alkyl halides is 3. The van der Waals surface area contributed by atoms with Crippen LogP contribution in [0.25, 0.3) is 0 Å². The largest absolute Gasteiger partial charge is 0.495 e. The summed E-state index contributed by atoms with van der Waals surface area (Å²) in [6, 6.07) is 7.21. The van der Waals surface area contributed by atoms with Gasteiger partial charge in [0.1, 0.15) is 33.9 Å². The Hall–Kier alpha value is -3.98. The first-order valence-corrected chi connectivity index (χ1v) is 15.2. The van der Waals surface area contributed by atoms with Gasteiger partial charge in [-0.1, -0.05) is 18.6 Å². The molecule has 1 aliphatic heterocycles. The van der Waals surface area contributed by atoms with Gasteiger partial charge in [-0.3, -0.25) is 9.10 Å². The monoisotopic (exact) mass is 639 g/mol. The molecule has 0 bridgehead atoms. The molecule has 1 atom stereocenters. The van der Waals surface area contributed by atoms with Crippen LogP contribution in [-0.2, 0) is 23.7 Å². The summed E-state index contributed by atoms with van der Waals surface area (Å²) in [5.74, 6) is -2.83. The van der Waals surface area contributed by atoms with E-state index in [2.05, 4.69) is 32.5 Å². The van der Waals surface area contributed by atoms with Crippen molar-refractivity contribution < 1.29 is 31.3 Å². The SMILES string of the molecule is CN1CCCCC1.COc1cc(C(N)=O)c(F)cc1Nc1ncc(C(F)(F)F)c(NCc2ccc(C)cc2N(C)S(C)=O)n1. The molecule has 10 nitrogen and oxygen atoms in total. The average Bonchev–Trinajstić information content (AvgIpc) is 2.96. The minimum absolute atomic E-state index is 0.00638. The van der Waals surface area contributed by atoms with Gasteiger partial charge in [0.25, 0.3) is 5.91 Å². The number of rotatable bonds is 9. The number of amides is 1. The number of hydrogen-bond donors (Lipinski definition) is 3. The lowest BCUT2D eigenvalue weighted by Crippen LogP contribution is -2.24. The number of primary amides is 1. The molecule has 1 aliphatic rings. The van der Waals surface area contributed by atoms with Crippen LogP contribution in [0.1, 0.15) is 46.3 Å². The number of likely N-dealkylation sites (tertiary alicyclic amines) is 1. The smallest absolute Gasteiger partial charge is 0.421 e. The number of hydrogen-bond acceptors (Lipinski definition) is 8.